The van der Waals surface area contributed by atoms with Crippen LogP contribution in [0.2, 0.25) is 0 Å². The second-order valence-electron chi connectivity index (χ2n) is 6.81. The average molecular weight is 380 g/mol. The summed E-state index contributed by atoms with van der Waals surface area (Å²) in [4.78, 5) is 0. The first-order chi connectivity index (χ1) is 14.1. The molecule has 0 aliphatic carbocycles. The van der Waals surface area contributed by atoms with Crippen molar-refractivity contribution in [3.05, 3.63) is 90.0 Å². The number of aryl methyl sites for hydroxylation is 2. The van der Waals surface area contributed by atoms with Gasteiger partial charge in [0.05, 0.1) is 17.1 Å². The first-order valence-electron chi connectivity index (χ1n) is 9.32. The van der Waals surface area contributed by atoms with Gasteiger partial charge in [-0.1, -0.05) is 48.5 Å². The Morgan fingerprint density at radius 1 is 0.621 bits per heavy atom. The summed E-state index contributed by atoms with van der Waals surface area (Å²) >= 11 is 0. The number of phenolic OH excluding ortho intramolecular Hbond substituents is 1. The number of nitrogens with zero attached hydrogens (tertiary/aromatic N) is 4. The van der Waals surface area contributed by atoms with Crippen LogP contribution in [0.5, 0.6) is 5.75 Å². The monoisotopic (exact) mass is 380 g/mol. The molecule has 0 radical (unpaired) electrons. The molecule has 4 aromatic carbocycles. The van der Waals surface area contributed by atoms with Crippen molar-refractivity contribution in [3.63, 3.8) is 0 Å². The summed E-state index contributed by atoms with van der Waals surface area (Å²) in [5.41, 5.74) is 4.78. The number of azo groups is 2. The highest BCUT2D eigenvalue weighted by Crippen LogP contribution is 2.36. The summed E-state index contributed by atoms with van der Waals surface area (Å²) in [6.07, 6.45) is 0. The highest BCUT2D eigenvalue weighted by molar-refractivity contribution is 5.95. The molecule has 0 saturated carbocycles. The Kier molecular flexibility index (Phi) is 5.12. The van der Waals surface area contributed by atoms with Crippen LogP contribution in [-0.4, -0.2) is 5.11 Å². The molecule has 0 aliphatic heterocycles. The summed E-state index contributed by atoms with van der Waals surface area (Å²) in [6, 6.07) is 24.8. The zero-order valence-electron chi connectivity index (χ0n) is 16.2. The van der Waals surface area contributed by atoms with Crippen LogP contribution in [0.25, 0.3) is 10.8 Å². The van der Waals surface area contributed by atoms with Crippen molar-refractivity contribution in [1.29, 1.82) is 0 Å². The summed E-state index contributed by atoms with van der Waals surface area (Å²) in [7, 11) is 0. The van der Waals surface area contributed by atoms with E-state index in [1.165, 1.54) is 0 Å². The molecule has 0 bridgehead atoms. The zero-order chi connectivity index (χ0) is 20.2. The smallest absolute Gasteiger partial charge is 0.143 e. The SMILES string of the molecule is Cc1ccccc1N=Nc1ccc(N=Nc2c(O)ccc3ccccc23)c(C)c1. The molecule has 29 heavy (non-hydrogen) atoms. The van der Waals surface area contributed by atoms with Gasteiger partial charge < -0.3 is 5.11 Å². The van der Waals surface area contributed by atoms with Crippen molar-refractivity contribution < 1.29 is 5.11 Å². The van der Waals surface area contributed by atoms with Crippen molar-refractivity contribution in [2.24, 2.45) is 20.5 Å². The van der Waals surface area contributed by atoms with E-state index < -0.39 is 0 Å². The molecule has 142 valence electrons. The molecule has 0 amide bonds. The Morgan fingerprint density at radius 3 is 2.17 bits per heavy atom. The van der Waals surface area contributed by atoms with Gasteiger partial charge in [0.1, 0.15) is 11.4 Å². The van der Waals surface area contributed by atoms with Gasteiger partial charge in [0.2, 0.25) is 0 Å². The normalized spacial score (nSPS) is 11.7. The lowest BCUT2D eigenvalue weighted by Crippen LogP contribution is -1.76. The Labute approximate surface area is 169 Å². The standard InChI is InChI=1S/C24H20N4O/c1-16-7-3-6-10-21(16)26-25-19-12-13-22(17(2)15-19)27-28-24-20-9-5-4-8-18(20)11-14-23(24)29/h3-15,29H,1-2H3. The van der Waals surface area contributed by atoms with Crippen LogP contribution in [0.15, 0.2) is 99.3 Å². The van der Waals surface area contributed by atoms with E-state index in [4.69, 9.17) is 0 Å². The highest BCUT2D eigenvalue weighted by Gasteiger charge is 2.06. The molecule has 0 spiro atoms. The number of benzene rings is 4. The van der Waals surface area contributed by atoms with Gasteiger partial charge in [-0.2, -0.15) is 15.3 Å². The molecule has 4 aromatic rings. The fourth-order valence-corrected chi connectivity index (χ4v) is 3.05. The maximum Gasteiger partial charge on any atom is 0.143 e. The van der Waals surface area contributed by atoms with E-state index in [1.54, 1.807) is 6.07 Å². The van der Waals surface area contributed by atoms with Gasteiger partial charge in [-0.3, -0.25) is 0 Å². The Balaban J connectivity index is 1.61. The Bertz CT molecular complexity index is 1240. The van der Waals surface area contributed by atoms with Crippen LogP contribution in [0.3, 0.4) is 0 Å². The summed E-state index contributed by atoms with van der Waals surface area (Å²) in [6.45, 7) is 3.95. The zero-order valence-corrected chi connectivity index (χ0v) is 16.2. The van der Waals surface area contributed by atoms with Crippen LogP contribution < -0.4 is 0 Å². The third-order valence-corrected chi connectivity index (χ3v) is 4.71. The number of hydrogen-bond donors (Lipinski definition) is 1. The van der Waals surface area contributed by atoms with Crippen molar-refractivity contribution in [2.75, 3.05) is 0 Å². The molecule has 0 saturated heterocycles. The van der Waals surface area contributed by atoms with Gasteiger partial charge >= 0.3 is 0 Å². The summed E-state index contributed by atoms with van der Waals surface area (Å²) in [5.74, 6) is 0.105. The topological polar surface area (TPSA) is 69.7 Å². The van der Waals surface area contributed by atoms with Crippen LogP contribution in [0, 0.1) is 13.8 Å². The number of aromatic hydroxyl groups is 1. The van der Waals surface area contributed by atoms with Crippen molar-refractivity contribution in [3.8, 4) is 5.75 Å². The molecule has 5 heteroatoms. The van der Waals surface area contributed by atoms with Crippen LogP contribution in [-0.2, 0) is 0 Å². The average Bonchev–Trinajstić information content (AvgIpc) is 2.73. The van der Waals surface area contributed by atoms with Gasteiger partial charge in [-0.15, -0.1) is 5.11 Å². The Morgan fingerprint density at radius 2 is 1.34 bits per heavy atom. The van der Waals surface area contributed by atoms with E-state index in [1.807, 2.05) is 86.6 Å². The number of phenols is 1. The molecule has 0 fully saturated rings. The maximum absolute atomic E-state index is 10.2. The van der Waals surface area contributed by atoms with Crippen LogP contribution in [0.1, 0.15) is 11.1 Å². The molecule has 1 N–H and O–H groups in total. The van der Waals surface area contributed by atoms with Gasteiger partial charge in [0.15, 0.2) is 0 Å². The maximum atomic E-state index is 10.2. The van der Waals surface area contributed by atoms with Crippen molar-refractivity contribution in [1.82, 2.24) is 0 Å². The Hall–Kier alpha value is -3.86. The van der Waals surface area contributed by atoms with Crippen LogP contribution in [0.4, 0.5) is 22.7 Å². The molecule has 4 rings (SSSR count). The molecule has 0 unspecified atom stereocenters. The van der Waals surface area contributed by atoms with E-state index in [2.05, 4.69) is 20.5 Å². The molecule has 0 aliphatic rings. The molecular formula is C24H20N4O. The van der Waals surface area contributed by atoms with Gasteiger partial charge in [-0.05, 0) is 60.7 Å². The van der Waals surface area contributed by atoms with Crippen molar-refractivity contribution >= 4 is 33.5 Å². The summed E-state index contributed by atoms with van der Waals surface area (Å²) in [5, 5.41) is 29.4. The lowest BCUT2D eigenvalue weighted by atomic mass is 10.1. The second kappa shape index (κ2) is 8.02. The minimum atomic E-state index is 0.105. The van der Waals surface area contributed by atoms with Crippen molar-refractivity contribution in [2.45, 2.75) is 13.8 Å². The fraction of sp³-hybridized carbons (Fsp3) is 0.0833. The predicted molar refractivity (Wildman–Crippen MR) is 116 cm³/mol. The summed E-state index contributed by atoms with van der Waals surface area (Å²) < 4.78 is 0. The third-order valence-electron chi connectivity index (χ3n) is 4.71. The van der Waals surface area contributed by atoms with Gasteiger partial charge in [-0.25, -0.2) is 0 Å². The lowest BCUT2D eigenvalue weighted by Gasteiger charge is -2.04. The lowest BCUT2D eigenvalue weighted by molar-refractivity contribution is 0.477. The second-order valence-corrected chi connectivity index (χ2v) is 6.81. The molecule has 5 nitrogen and oxygen atoms in total. The molecule has 0 heterocycles. The number of hydrogen-bond acceptors (Lipinski definition) is 5. The first kappa shape index (κ1) is 18.5. The molecule has 0 atom stereocenters. The van der Waals surface area contributed by atoms with E-state index in [0.717, 1.165) is 33.3 Å². The molecular weight excluding hydrogens is 360 g/mol. The predicted octanol–water partition coefficient (Wildman–Crippen LogP) is 7.99. The van der Waals surface area contributed by atoms with E-state index in [0.29, 0.717) is 11.4 Å². The van der Waals surface area contributed by atoms with Gasteiger partial charge in [0, 0.05) is 5.39 Å². The quantitative estimate of drug-likeness (QED) is 0.358. The largest absolute Gasteiger partial charge is 0.506 e. The number of rotatable bonds is 4. The third kappa shape index (κ3) is 4.04. The minimum Gasteiger partial charge on any atom is -0.506 e. The van der Waals surface area contributed by atoms with E-state index in [-0.39, 0.29) is 5.75 Å². The first-order valence-corrected chi connectivity index (χ1v) is 9.32. The van der Waals surface area contributed by atoms with E-state index in [9.17, 15) is 5.11 Å². The van der Waals surface area contributed by atoms with E-state index >= 15 is 0 Å². The number of fused-ring (bicyclic) bond motifs is 1. The molecule has 0 aromatic heterocycles. The minimum absolute atomic E-state index is 0.105. The highest BCUT2D eigenvalue weighted by atomic mass is 16.3. The van der Waals surface area contributed by atoms with Gasteiger partial charge in [0.25, 0.3) is 0 Å². The fourth-order valence-electron chi connectivity index (χ4n) is 3.05. The van der Waals surface area contributed by atoms with Crippen LogP contribution >= 0.6 is 0 Å².